The summed E-state index contributed by atoms with van der Waals surface area (Å²) in [5.41, 5.74) is 3.69. The molecule has 0 bridgehead atoms. The van der Waals surface area contributed by atoms with E-state index in [9.17, 15) is 0 Å². The smallest absolute Gasteiger partial charge is 0.0931 e. The molecule has 5 heteroatoms. The lowest BCUT2D eigenvalue weighted by Crippen LogP contribution is -2.27. The van der Waals surface area contributed by atoms with Gasteiger partial charge in [0, 0.05) is 23.2 Å². The number of hydrogen-bond acceptors (Lipinski definition) is 5. The molecule has 2 aromatic heterocycles. The first-order chi connectivity index (χ1) is 9.40. The van der Waals surface area contributed by atoms with Crippen molar-refractivity contribution < 1.29 is 0 Å². The third kappa shape index (κ3) is 2.53. The molecule has 0 amide bonds. The first-order valence-electron chi connectivity index (χ1n) is 6.84. The van der Waals surface area contributed by atoms with E-state index in [4.69, 9.17) is 0 Å². The Morgan fingerprint density at radius 1 is 1.53 bits per heavy atom. The van der Waals surface area contributed by atoms with Crippen molar-refractivity contribution in [1.29, 1.82) is 0 Å². The topological polar surface area (TPSA) is 50.7 Å². The Labute approximate surface area is 117 Å². The molecule has 2 atom stereocenters. The maximum Gasteiger partial charge on any atom is 0.0931 e. The summed E-state index contributed by atoms with van der Waals surface area (Å²) in [6, 6.07) is 4.47. The molecule has 2 unspecified atom stereocenters. The van der Waals surface area contributed by atoms with E-state index in [-0.39, 0.29) is 6.04 Å². The van der Waals surface area contributed by atoms with E-state index in [1.54, 1.807) is 0 Å². The fourth-order valence-electron chi connectivity index (χ4n) is 2.83. The SMILES string of the molecule is CCCNC(c1csnn1)C1CCc2cccnc21. The fourth-order valence-corrected chi connectivity index (χ4v) is 3.32. The molecule has 2 heterocycles. The number of rotatable bonds is 5. The van der Waals surface area contributed by atoms with Crippen LogP contribution in [0.15, 0.2) is 23.7 Å². The Morgan fingerprint density at radius 2 is 2.47 bits per heavy atom. The Morgan fingerprint density at radius 3 is 3.26 bits per heavy atom. The average Bonchev–Trinajstić information content (AvgIpc) is 3.09. The molecule has 0 saturated heterocycles. The molecule has 4 nitrogen and oxygen atoms in total. The van der Waals surface area contributed by atoms with Crippen LogP contribution >= 0.6 is 11.5 Å². The van der Waals surface area contributed by atoms with Crippen molar-refractivity contribution in [2.75, 3.05) is 6.54 Å². The van der Waals surface area contributed by atoms with Crippen LogP contribution in [-0.2, 0) is 6.42 Å². The number of nitrogens with zero attached hydrogens (tertiary/aromatic N) is 3. The number of aromatic nitrogens is 3. The minimum absolute atomic E-state index is 0.245. The highest BCUT2D eigenvalue weighted by Gasteiger charge is 2.32. The van der Waals surface area contributed by atoms with E-state index >= 15 is 0 Å². The molecule has 0 fully saturated rings. The molecular weight excluding hydrogens is 256 g/mol. The lowest BCUT2D eigenvalue weighted by molar-refractivity contribution is 0.428. The van der Waals surface area contributed by atoms with Crippen LogP contribution < -0.4 is 5.32 Å². The predicted molar refractivity (Wildman–Crippen MR) is 76.2 cm³/mol. The molecule has 19 heavy (non-hydrogen) atoms. The van der Waals surface area contributed by atoms with Crippen LogP contribution in [0.4, 0.5) is 0 Å². The molecular formula is C14H18N4S. The highest BCUT2D eigenvalue weighted by molar-refractivity contribution is 7.03. The number of aryl methyl sites for hydroxylation is 1. The zero-order valence-electron chi connectivity index (χ0n) is 11.0. The van der Waals surface area contributed by atoms with Gasteiger partial charge in [-0.25, -0.2) is 0 Å². The van der Waals surface area contributed by atoms with E-state index in [1.165, 1.54) is 22.8 Å². The van der Waals surface area contributed by atoms with Crippen LogP contribution in [-0.4, -0.2) is 21.1 Å². The van der Waals surface area contributed by atoms with Gasteiger partial charge in [-0.2, -0.15) is 0 Å². The zero-order chi connectivity index (χ0) is 13.1. The molecule has 1 N–H and O–H groups in total. The molecule has 0 spiro atoms. The van der Waals surface area contributed by atoms with Gasteiger partial charge in [0.1, 0.15) is 0 Å². The van der Waals surface area contributed by atoms with Gasteiger partial charge >= 0.3 is 0 Å². The molecule has 1 aliphatic rings. The summed E-state index contributed by atoms with van der Waals surface area (Å²) in [6.45, 7) is 3.19. The van der Waals surface area contributed by atoms with E-state index in [1.807, 2.05) is 17.6 Å². The first kappa shape index (κ1) is 12.7. The second kappa shape index (κ2) is 5.75. The minimum atomic E-state index is 0.245. The van der Waals surface area contributed by atoms with Gasteiger partial charge in [-0.15, -0.1) is 5.10 Å². The van der Waals surface area contributed by atoms with Crippen LogP contribution in [0.25, 0.3) is 0 Å². The normalized spacial score (nSPS) is 19.3. The third-order valence-corrected chi connectivity index (χ3v) is 4.24. The van der Waals surface area contributed by atoms with Crippen molar-refractivity contribution in [3.05, 3.63) is 40.7 Å². The van der Waals surface area contributed by atoms with Crippen molar-refractivity contribution in [2.24, 2.45) is 0 Å². The molecule has 0 aliphatic heterocycles. The maximum atomic E-state index is 4.59. The highest BCUT2D eigenvalue weighted by atomic mass is 32.1. The quantitative estimate of drug-likeness (QED) is 0.911. The fraction of sp³-hybridized carbons (Fsp3) is 0.500. The lowest BCUT2D eigenvalue weighted by atomic mass is 9.94. The Kier molecular flexibility index (Phi) is 3.84. The van der Waals surface area contributed by atoms with Gasteiger partial charge < -0.3 is 5.32 Å². The van der Waals surface area contributed by atoms with Crippen LogP contribution in [0.1, 0.15) is 48.7 Å². The zero-order valence-corrected chi connectivity index (χ0v) is 11.9. The summed E-state index contributed by atoms with van der Waals surface area (Å²) >= 11 is 1.42. The van der Waals surface area contributed by atoms with Crippen molar-refractivity contribution in [1.82, 2.24) is 19.9 Å². The van der Waals surface area contributed by atoms with Gasteiger partial charge in [-0.3, -0.25) is 4.98 Å². The standard InChI is InChI=1S/C14H18N4S/c1-2-7-15-14(12-9-19-18-17-12)11-6-5-10-4-3-8-16-13(10)11/h3-4,8-9,11,14-15H,2,5-7H2,1H3. The van der Waals surface area contributed by atoms with Gasteiger partial charge in [0.05, 0.1) is 11.7 Å². The summed E-state index contributed by atoms with van der Waals surface area (Å²) in [5.74, 6) is 0.423. The Balaban J connectivity index is 1.89. The molecule has 0 aromatic carbocycles. The molecule has 1 aliphatic carbocycles. The highest BCUT2D eigenvalue weighted by Crippen LogP contribution is 2.39. The van der Waals surface area contributed by atoms with Crippen LogP contribution in [0, 0.1) is 0 Å². The monoisotopic (exact) mass is 274 g/mol. The Bertz CT molecular complexity index is 526. The number of fused-ring (bicyclic) bond motifs is 1. The van der Waals surface area contributed by atoms with Gasteiger partial charge in [-0.05, 0) is 49.0 Å². The summed E-state index contributed by atoms with van der Waals surface area (Å²) in [5, 5.41) is 9.93. The van der Waals surface area contributed by atoms with Gasteiger partial charge in [0.2, 0.25) is 0 Å². The molecule has 0 radical (unpaired) electrons. The van der Waals surface area contributed by atoms with E-state index in [0.29, 0.717) is 5.92 Å². The second-order valence-electron chi connectivity index (χ2n) is 4.95. The van der Waals surface area contributed by atoms with Crippen LogP contribution in [0.2, 0.25) is 0 Å². The minimum Gasteiger partial charge on any atom is -0.308 e. The van der Waals surface area contributed by atoms with Crippen LogP contribution in [0.5, 0.6) is 0 Å². The van der Waals surface area contributed by atoms with Gasteiger partial charge in [0.25, 0.3) is 0 Å². The number of pyridine rings is 1. The van der Waals surface area contributed by atoms with E-state index in [0.717, 1.165) is 31.5 Å². The maximum absolute atomic E-state index is 4.59. The molecule has 100 valence electrons. The van der Waals surface area contributed by atoms with E-state index in [2.05, 4.69) is 32.9 Å². The van der Waals surface area contributed by atoms with Gasteiger partial charge in [-0.1, -0.05) is 17.5 Å². The largest absolute Gasteiger partial charge is 0.308 e. The van der Waals surface area contributed by atoms with Gasteiger partial charge in [0.15, 0.2) is 0 Å². The number of nitrogens with one attached hydrogen (secondary N) is 1. The predicted octanol–water partition coefficient (Wildman–Crippen LogP) is 2.70. The summed E-state index contributed by atoms with van der Waals surface area (Å²) in [7, 11) is 0. The van der Waals surface area contributed by atoms with Crippen molar-refractivity contribution in [3.63, 3.8) is 0 Å². The molecule has 3 rings (SSSR count). The first-order valence-corrected chi connectivity index (χ1v) is 7.68. The molecule has 2 aromatic rings. The summed E-state index contributed by atoms with van der Waals surface area (Å²) in [4.78, 5) is 4.59. The van der Waals surface area contributed by atoms with Crippen LogP contribution in [0.3, 0.4) is 0 Å². The number of hydrogen-bond donors (Lipinski definition) is 1. The summed E-state index contributed by atoms with van der Waals surface area (Å²) in [6.07, 6.45) is 5.28. The average molecular weight is 274 g/mol. The Hall–Kier alpha value is -1.33. The van der Waals surface area contributed by atoms with Crippen molar-refractivity contribution in [3.8, 4) is 0 Å². The van der Waals surface area contributed by atoms with Crippen molar-refractivity contribution in [2.45, 2.75) is 38.1 Å². The molecule has 0 saturated carbocycles. The third-order valence-electron chi connectivity index (χ3n) is 3.71. The summed E-state index contributed by atoms with van der Waals surface area (Å²) < 4.78 is 4.01. The van der Waals surface area contributed by atoms with Crippen molar-refractivity contribution >= 4 is 11.5 Å². The lowest BCUT2D eigenvalue weighted by Gasteiger charge is -2.23. The second-order valence-corrected chi connectivity index (χ2v) is 5.56. The van der Waals surface area contributed by atoms with E-state index < -0.39 is 0 Å².